The highest BCUT2D eigenvalue weighted by Crippen LogP contribution is 2.21. The summed E-state index contributed by atoms with van der Waals surface area (Å²) in [6, 6.07) is 5.27. The van der Waals surface area contributed by atoms with Gasteiger partial charge in [0.1, 0.15) is 5.82 Å². The molecule has 0 aromatic heterocycles. The van der Waals surface area contributed by atoms with Crippen LogP contribution in [-0.2, 0) is 6.42 Å². The van der Waals surface area contributed by atoms with Crippen molar-refractivity contribution in [2.24, 2.45) is 0 Å². The zero-order chi connectivity index (χ0) is 13.5. The highest BCUT2D eigenvalue weighted by molar-refractivity contribution is 9.10. The SMILES string of the molecule is CCNC(CSC(C)C)Cc1cc(F)ccc1Br. The molecule has 18 heavy (non-hydrogen) atoms. The van der Waals surface area contributed by atoms with Gasteiger partial charge in [0, 0.05) is 16.3 Å². The molecule has 0 aliphatic heterocycles. The smallest absolute Gasteiger partial charge is 0.123 e. The van der Waals surface area contributed by atoms with Gasteiger partial charge in [0.05, 0.1) is 0 Å². The zero-order valence-corrected chi connectivity index (χ0v) is 13.6. The standard InChI is InChI=1S/C14H21BrFNS/c1-4-17-13(9-18-10(2)3)8-11-7-12(16)5-6-14(11)15/h5-7,10,13,17H,4,8-9H2,1-3H3. The number of rotatable bonds is 7. The van der Waals surface area contributed by atoms with E-state index in [4.69, 9.17) is 0 Å². The zero-order valence-electron chi connectivity index (χ0n) is 11.2. The van der Waals surface area contributed by atoms with Crippen LogP contribution < -0.4 is 5.32 Å². The Hall–Kier alpha value is -0.0600. The van der Waals surface area contributed by atoms with Crippen molar-refractivity contribution >= 4 is 27.7 Å². The van der Waals surface area contributed by atoms with Gasteiger partial charge in [-0.05, 0) is 42.0 Å². The summed E-state index contributed by atoms with van der Waals surface area (Å²) in [6.45, 7) is 7.45. The quantitative estimate of drug-likeness (QED) is 0.800. The Balaban J connectivity index is 2.66. The molecule has 0 heterocycles. The number of benzene rings is 1. The summed E-state index contributed by atoms with van der Waals surface area (Å²) in [4.78, 5) is 0. The maximum absolute atomic E-state index is 13.3. The lowest BCUT2D eigenvalue weighted by Crippen LogP contribution is -2.33. The molecule has 0 saturated heterocycles. The van der Waals surface area contributed by atoms with Crippen LogP contribution in [0.25, 0.3) is 0 Å². The third-order valence-corrected chi connectivity index (χ3v) is 4.63. The Morgan fingerprint density at radius 1 is 1.39 bits per heavy atom. The molecule has 0 radical (unpaired) electrons. The first-order valence-electron chi connectivity index (χ1n) is 6.31. The minimum Gasteiger partial charge on any atom is -0.313 e. The normalized spacial score (nSPS) is 13.0. The average Bonchev–Trinajstić information content (AvgIpc) is 2.31. The maximum Gasteiger partial charge on any atom is 0.123 e. The Kier molecular flexibility index (Phi) is 7.27. The van der Waals surface area contributed by atoms with Crippen LogP contribution in [0.5, 0.6) is 0 Å². The van der Waals surface area contributed by atoms with Gasteiger partial charge >= 0.3 is 0 Å². The van der Waals surface area contributed by atoms with E-state index in [0.717, 1.165) is 28.8 Å². The number of nitrogens with one attached hydrogen (secondary N) is 1. The number of likely N-dealkylation sites (N-methyl/N-ethyl adjacent to an activating group) is 1. The lowest BCUT2D eigenvalue weighted by molar-refractivity contribution is 0.567. The summed E-state index contributed by atoms with van der Waals surface area (Å²) in [5, 5.41) is 4.10. The van der Waals surface area contributed by atoms with E-state index >= 15 is 0 Å². The Labute approximate surface area is 122 Å². The van der Waals surface area contributed by atoms with E-state index in [9.17, 15) is 4.39 Å². The molecule has 1 aromatic carbocycles. The molecule has 0 fully saturated rings. The van der Waals surface area contributed by atoms with Crippen LogP contribution in [-0.4, -0.2) is 23.6 Å². The van der Waals surface area contributed by atoms with Crippen molar-refractivity contribution in [1.82, 2.24) is 5.32 Å². The maximum atomic E-state index is 13.3. The van der Waals surface area contributed by atoms with Crippen LogP contribution in [0.3, 0.4) is 0 Å². The second-order valence-corrected chi connectivity index (χ2v) is 7.04. The summed E-state index contributed by atoms with van der Waals surface area (Å²) in [5.74, 6) is 0.883. The molecule has 1 N–H and O–H groups in total. The first-order valence-corrected chi connectivity index (χ1v) is 8.16. The molecule has 0 aliphatic carbocycles. The summed E-state index contributed by atoms with van der Waals surface area (Å²) in [7, 11) is 0. The summed E-state index contributed by atoms with van der Waals surface area (Å²) >= 11 is 5.43. The Morgan fingerprint density at radius 2 is 2.11 bits per heavy atom. The van der Waals surface area contributed by atoms with Crippen LogP contribution in [0.2, 0.25) is 0 Å². The molecule has 0 saturated carbocycles. The molecule has 1 aromatic rings. The first-order chi connectivity index (χ1) is 8.52. The monoisotopic (exact) mass is 333 g/mol. The third-order valence-electron chi connectivity index (χ3n) is 2.60. The number of hydrogen-bond acceptors (Lipinski definition) is 2. The number of halogens is 2. The molecule has 0 amide bonds. The molecule has 0 aliphatic rings. The van der Waals surface area contributed by atoms with Crippen molar-refractivity contribution < 1.29 is 4.39 Å². The molecular weight excluding hydrogens is 313 g/mol. The van der Waals surface area contributed by atoms with E-state index in [-0.39, 0.29) is 5.82 Å². The molecule has 1 rings (SSSR count). The topological polar surface area (TPSA) is 12.0 Å². The highest BCUT2D eigenvalue weighted by Gasteiger charge is 2.12. The number of thioether (sulfide) groups is 1. The number of hydrogen-bond donors (Lipinski definition) is 1. The van der Waals surface area contributed by atoms with Gasteiger partial charge in [-0.3, -0.25) is 0 Å². The van der Waals surface area contributed by atoms with Gasteiger partial charge in [-0.15, -0.1) is 0 Å². The van der Waals surface area contributed by atoms with Crippen molar-refractivity contribution in [3.63, 3.8) is 0 Å². The first kappa shape index (κ1) is 16.0. The Morgan fingerprint density at radius 3 is 2.72 bits per heavy atom. The fraction of sp³-hybridized carbons (Fsp3) is 0.571. The van der Waals surface area contributed by atoms with Crippen LogP contribution in [0.4, 0.5) is 4.39 Å². The van der Waals surface area contributed by atoms with E-state index in [1.807, 2.05) is 11.8 Å². The predicted molar refractivity (Wildman–Crippen MR) is 82.9 cm³/mol. The van der Waals surface area contributed by atoms with E-state index in [1.165, 1.54) is 6.07 Å². The van der Waals surface area contributed by atoms with Crippen LogP contribution in [0, 0.1) is 5.82 Å². The third kappa shape index (κ3) is 5.72. The average molecular weight is 334 g/mol. The second-order valence-electron chi connectivity index (χ2n) is 4.58. The van der Waals surface area contributed by atoms with Crippen LogP contribution in [0.1, 0.15) is 26.3 Å². The fourth-order valence-corrected chi connectivity index (χ4v) is 3.01. The molecule has 1 unspecified atom stereocenters. The lowest BCUT2D eigenvalue weighted by atomic mass is 10.1. The molecular formula is C14H21BrFNS. The molecule has 4 heteroatoms. The second kappa shape index (κ2) is 8.18. The van der Waals surface area contributed by atoms with E-state index in [0.29, 0.717) is 11.3 Å². The summed E-state index contributed by atoms with van der Waals surface area (Å²) < 4.78 is 14.2. The molecule has 102 valence electrons. The highest BCUT2D eigenvalue weighted by atomic mass is 79.9. The molecule has 0 spiro atoms. The Bertz CT molecular complexity index is 371. The van der Waals surface area contributed by atoms with Gasteiger partial charge < -0.3 is 5.32 Å². The van der Waals surface area contributed by atoms with Crippen molar-refractivity contribution in [1.29, 1.82) is 0 Å². The molecule has 0 bridgehead atoms. The van der Waals surface area contributed by atoms with Gasteiger partial charge in [0.25, 0.3) is 0 Å². The van der Waals surface area contributed by atoms with Crippen LogP contribution in [0.15, 0.2) is 22.7 Å². The molecule has 1 nitrogen and oxygen atoms in total. The summed E-state index contributed by atoms with van der Waals surface area (Å²) in [6.07, 6.45) is 0.853. The largest absolute Gasteiger partial charge is 0.313 e. The van der Waals surface area contributed by atoms with Crippen molar-refractivity contribution in [3.8, 4) is 0 Å². The lowest BCUT2D eigenvalue weighted by Gasteiger charge is -2.19. The summed E-state index contributed by atoms with van der Waals surface area (Å²) in [5.41, 5.74) is 1.03. The van der Waals surface area contributed by atoms with E-state index < -0.39 is 0 Å². The fourth-order valence-electron chi connectivity index (χ4n) is 1.75. The van der Waals surface area contributed by atoms with Gasteiger partial charge in [0.2, 0.25) is 0 Å². The minimum atomic E-state index is -0.167. The van der Waals surface area contributed by atoms with Gasteiger partial charge in [-0.25, -0.2) is 4.39 Å². The van der Waals surface area contributed by atoms with Gasteiger partial charge in [-0.1, -0.05) is 36.7 Å². The molecule has 1 atom stereocenters. The van der Waals surface area contributed by atoms with Crippen molar-refractivity contribution in [2.45, 2.75) is 38.5 Å². The van der Waals surface area contributed by atoms with Crippen molar-refractivity contribution in [2.75, 3.05) is 12.3 Å². The van der Waals surface area contributed by atoms with Crippen molar-refractivity contribution in [3.05, 3.63) is 34.1 Å². The van der Waals surface area contributed by atoms with E-state index in [1.54, 1.807) is 12.1 Å². The van der Waals surface area contributed by atoms with Gasteiger partial charge in [-0.2, -0.15) is 11.8 Å². The van der Waals surface area contributed by atoms with E-state index in [2.05, 4.69) is 42.0 Å². The predicted octanol–water partition coefficient (Wildman–Crippen LogP) is 4.25. The van der Waals surface area contributed by atoms with Crippen LogP contribution >= 0.6 is 27.7 Å². The van der Waals surface area contributed by atoms with Gasteiger partial charge in [0.15, 0.2) is 0 Å². The minimum absolute atomic E-state index is 0.167.